The zero-order chi connectivity index (χ0) is 14.8. The van der Waals surface area contributed by atoms with Crippen molar-refractivity contribution in [3.63, 3.8) is 0 Å². The largest absolute Gasteiger partial charge is 0.361 e. The van der Waals surface area contributed by atoms with Crippen molar-refractivity contribution in [3.8, 4) is 0 Å². The fraction of sp³-hybridized carbons (Fsp3) is 0.556. The van der Waals surface area contributed by atoms with Gasteiger partial charge in [0.1, 0.15) is 0 Å². The van der Waals surface area contributed by atoms with E-state index in [9.17, 15) is 0 Å². The first kappa shape index (κ1) is 14.6. The van der Waals surface area contributed by atoms with Gasteiger partial charge in [-0.05, 0) is 50.6 Å². The smallest absolute Gasteiger partial charge is 0.0457 e. The lowest BCUT2D eigenvalue weighted by Crippen LogP contribution is -2.45. The van der Waals surface area contributed by atoms with E-state index in [1.54, 1.807) is 0 Å². The molecular weight excluding hydrogens is 258 g/mol. The van der Waals surface area contributed by atoms with Gasteiger partial charge in [0.2, 0.25) is 0 Å². The number of likely N-dealkylation sites (tertiary alicyclic amines) is 1. The van der Waals surface area contributed by atoms with E-state index >= 15 is 0 Å². The minimum atomic E-state index is 0.431. The van der Waals surface area contributed by atoms with Crippen LogP contribution in [-0.4, -0.2) is 35.6 Å². The van der Waals surface area contributed by atoms with Crippen LogP contribution in [0, 0.1) is 6.92 Å². The molecule has 114 valence electrons. The number of nitrogens with one attached hydrogen (secondary N) is 1. The minimum absolute atomic E-state index is 0.431. The molecule has 1 aliphatic heterocycles. The number of hydrogen-bond acceptors (Lipinski definition) is 2. The van der Waals surface area contributed by atoms with Crippen molar-refractivity contribution in [1.29, 1.82) is 0 Å². The highest BCUT2D eigenvalue weighted by Gasteiger charge is 2.30. The number of aromatic amines is 1. The summed E-state index contributed by atoms with van der Waals surface area (Å²) in [6.45, 7) is 7.50. The van der Waals surface area contributed by atoms with Crippen LogP contribution in [0.4, 0.5) is 0 Å². The Kier molecular flexibility index (Phi) is 4.32. The molecule has 0 saturated carbocycles. The summed E-state index contributed by atoms with van der Waals surface area (Å²) in [5.41, 5.74) is 10.1. The minimum Gasteiger partial charge on any atom is -0.361 e. The summed E-state index contributed by atoms with van der Waals surface area (Å²) in [4.78, 5) is 6.05. The van der Waals surface area contributed by atoms with Gasteiger partial charge in [-0.2, -0.15) is 0 Å². The molecule has 1 aromatic carbocycles. The summed E-state index contributed by atoms with van der Waals surface area (Å²) in [5.74, 6) is 0.431. The van der Waals surface area contributed by atoms with Crippen molar-refractivity contribution in [2.45, 2.75) is 45.1 Å². The fourth-order valence-corrected chi connectivity index (χ4v) is 3.92. The van der Waals surface area contributed by atoms with Crippen molar-refractivity contribution in [2.24, 2.45) is 5.73 Å². The highest BCUT2D eigenvalue weighted by molar-refractivity contribution is 5.84. The van der Waals surface area contributed by atoms with E-state index in [1.807, 2.05) is 0 Å². The van der Waals surface area contributed by atoms with Crippen LogP contribution in [0.5, 0.6) is 0 Å². The van der Waals surface area contributed by atoms with Crippen molar-refractivity contribution < 1.29 is 0 Å². The average Bonchev–Trinajstić information content (AvgIpc) is 2.92. The molecule has 0 amide bonds. The van der Waals surface area contributed by atoms with Gasteiger partial charge in [0.25, 0.3) is 0 Å². The monoisotopic (exact) mass is 285 g/mol. The molecule has 1 aliphatic rings. The molecule has 0 spiro atoms. The number of H-pyrrole nitrogens is 1. The summed E-state index contributed by atoms with van der Waals surface area (Å²) in [7, 11) is 0. The number of hydrogen-bond donors (Lipinski definition) is 2. The molecule has 3 rings (SSSR count). The number of nitrogens with zero attached hydrogens (tertiary/aromatic N) is 1. The lowest BCUT2D eigenvalue weighted by Gasteiger charge is -2.39. The molecule has 21 heavy (non-hydrogen) atoms. The number of piperidine rings is 1. The molecule has 2 atom stereocenters. The highest BCUT2D eigenvalue weighted by Crippen LogP contribution is 2.34. The molecular formula is C18H27N3. The third-order valence-electron chi connectivity index (χ3n) is 5.06. The van der Waals surface area contributed by atoms with Gasteiger partial charge in [0.05, 0.1) is 0 Å². The summed E-state index contributed by atoms with van der Waals surface area (Å²) < 4.78 is 0. The Morgan fingerprint density at radius 3 is 3.00 bits per heavy atom. The Labute approximate surface area is 127 Å². The number of aromatic nitrogens is 1. The molecule has 0 aliphatic carbocycles. The number of nitrogens with two attached hydrogens (primary N) is 1. The third kappa shape index (κ3) is 2.72. The topological polar surface area (TPSA) is 45.0 Å². The molecule has 0 radical (unpaired) electrons. The molecule has 1 saturated heterocycles. The van der Waals surface area contributed by atoms with Gasteiger partial charge in [-0.15, -0.1) is 0 Å². The number of aryl methyl sites for hydroxylation is 1. The third-order valence-corrected chi connectivity index (χ3v) is 5.06. The Morgan fingerprint density at radius 2 is 2.24 bits per heavy atom. The van der Waals surface area contributed by atoms with Crippen molar-refractivity contribution in [2.75, 3.05) is 19.6 Å². The highest BCUT2D eigenvalue weighted by atomic mass is 15.2. The summed E-state index contributed by atoms with van der Waals surface area (Å²) >= 11 is 0. The van der Waals surface area contributed by atoms with Gasteiger partial charge in [-0.1, -0.05) is 25.0 Å². The number of likely N-dealkylation sites (N-methyl/N-ethyl adjacent to an activating group) is 1. The van der Waals surface area contributed by atoms with E-state index in [1.165, 1.54) is 47.8 Å². The van der Waals surface area contributed by atoms with Crippen molar-refractivity contribution >= 4 is 10.9 Å². The summed E-state index contributed by atoms with van der Waals surface area (Å²) in [6, 6.07) is 7.23. The Morgan fingerprint density at radius 1 is 1.38 bits per heavy atom. The van der Waals surface area contributed by atoms with E-state index in [4.69, 9.17) is 5.73 Å². The quantitative estimate of drug-likeness (QED) is 0.904. The number of benzene rings is 1. The molecule has 3 N–H and O–H groups in total. The van der Waals surface area contributed by atoms with Gasteiger partial charge in [0.15, 0.2) is 0 Å². The van der Waals surface area contributed by atoms with E-state index in [-0.39, 0.29) is 0 Å². The van der Waals surface area contributed by atoms with Crippen LogP contribution in [0.1, 0.15) is 43.2 Å². The lowest BCUT2D eigenvalue weighted by atomic mass is 9.85. The van der Waals surface area contributed by atoms with Crippen LogP contribution in [0.25, 0.3) is 10.9 Å². The SMILES string of the molecule is CCN1CCCCC1C(CN)c1c[nH]c2ccc(C)cc12. The van der Waals surface area contributed by atoms with Crippen LogP contribution in [0.15, 0.2) is 24.4 Å². The molecule has 3 nitrogen and oxygen atoms in total. The lowest BCUT2D eigenvalue weighted by molar-refractivity contribution is 0.134. The van der Waals surface area contributed by atoms with E-state index < -0.39 is 0 Å². The molecule has 1 fully saturated rings. The second-order valence-electron chi connectivity index (χ2n) is 6.33. The van der Waals surface area contributed by atoms with E-state index in [0.717, 1.165) is 13.1 Å². The van der Waals surface area contributed by atoms with Crippen molar-refractivity contribution in [3.05, 3.63) is 35.5 Å². The normalized spacial score (nSPS) is 21.8. The standard InChI is InChI=1S/C18H27N3/c1-3-21-9-5-4-6-18(21)15(11-19)16-12-20-17-8-7-13(2)10-14(16)17/h7-8,10,12,15,18,20H,3-6,9,11,19H2,1-2H3. The van der Waals surface area contributed by atoms with Gasteiger partial charge in [-0.25, -0.2) is 0 Å². The van der Waals surface area contributed by atoms with Gasteiger partial charge in [0, 0.05) is 35.6 Å². The number of fused-ring (bicyclic) bond motifs is 1. The maximum Gasteiger partial charge on any atom is 0.0457 e. The van der Waals surface area contributed by atoms with Gasteiger partial charge >= 0.3 is 0 Å². The summed E-state index contributed by atoms with van der Waals surface area (Å²) in [5, 5.41) is 1.35. The molecule has 3 heteroatoms. The van der Waals surface area contributed by atoms with Crippen LogP contribution in [0.3, 0.4) is 0 Å². The first-order valence-corrected chi connectivity index (χ1v) is 8.26. The molecule has 0 bridgehead atoms. The van der Waals surface area contributed by atoms with Gasteiger partial charge in [-0.3, -0.25) is 0 Å². The zero-order valence-corrected chi connectivity index (χ0v) is 13.2. The maximum absolute atomic E-state index is 6.20. The average molecular weight is 285 g/mol. The van der Waals surface area contributed by atoms with Crippen LogP contribution in [0.2, 0.25) is 0 Å². The van der Waals surface area contributed by atoms with Crippen LogP contribution in [-0.2, 0) is 0 Å². The van der Waals surface area contributed by atoms with Gasteiger partial charge < -0.3 is 15.6 Å². The Hall–Kier alpha value is -1.32. The molecule has 1 aromatic heterocycles. The molecule has 2 aromatic rings. The van der Waals surface area contributed by atoms with Crippen LogP contribution < -0.4 is 5.73 Å². The first-order valence-electron chi connectivity index (χ1n) is 8.26. The second kappa shape index (κ2) is 6.20. The van der Waals surface area contributed by atoms with E-state index in [2.05, 4.69) is 48.1 Å². The Bertz CT molecular complexity index is 602. The molecule has 2 unspecified atom stereocenters. The number of rotatable bonds is 4. The first-order chi connectivity index (χ1) is 10.2. The van der Waals surface area contributed by atoms with Crippen LogP contribution >= 0.6 is 0 Å². The maximum atomic E-state index is 6.20. The van der Waals surface area contributed by atoms with Crippen molar-refractivity contribution in [1.82, 2.24) is 9.88 Å². The van der Waals surface area contributed by atoms with E-state index in [0.29, 0.717) is 12.0 Å². The zero-order valence-electron chi connectivity index (χ0n) is 13.2. The Balaban J connectivity index is 1.99. The predicted molar refractivity (Wildman–Crippen MR) is 89.7 cm³/mol. The fourth-order valence-electron chi connectivity index (χ4n) is 3.92. The predicted octanol–water partition coefficient (Wildman–Crippen LogP) is 3.39. The molecule has 2 heterocycles. The summed E-state index contributed by atoms with van der Waals surface area (Å²) in [6.07, 6.45) is 6.12. The second-order valence-corrected chi connectivity index (χ2v) is 6.33.